The number of halogens is 1. The van der Waals surface area contributed by atoms with Crippen molar-refractivity contribution in [1.82, 2.24) is 9.88 Å². The maximum absolute atomic E-state index is 13.3. The Bertz CT molecular complexity index is 1220. The molecule has 2 aromatic carbocycles. The molecule has 5 nitrogen and oxygen atoms in total. The molecule has 4 aromatic rings. The van der Waals surface area contributed by atoms with Gasteiger partial charge in [-0.2, -0.15) is 0 Å². The summed E-state index contributed by atoms with van der Waals surface area (Å²) in [7, 11) is 1.67. The van der Waals surface area contributed by atoms with Crippen LogP contribution in [0.1, 0.15) is 15.2 Å². The molecule has 4 rings (SSSR count). The molecular weight excluding hydrogens is 415 g/mol. The fourth-order valence-electron chi connectivity index (χ4n) is 3.15. The second-order valence-corrected chi connectivity index (χ2v) is 8.02. The Hall–Kier alpha value is -3.58. The summed E-state index contributed by atoms with van der Waals surface area (Å²) < 4.78 is 18.6. The number of hydrogen-bond donors (Lipinski definition) is 0. The van der Waals surface area contributed by atoms with Crippen LogP contribution in [0.3, 0.4) is 0 Å². The first kappa shape index (κ1) is 20.7. The Morgan fingerprint density at radius 1 is 1.06 bits per heavy atom. The first-order valence-electron chi connectivity index (χ1n) is 9.60. The Kier molecular flexibility index (Phi) is 6.04. The largest absolute Gasteiger partial charge is 0.452 e. The molecule has 0 aliphatic carbocycles. The fourth-order valence-corrected chi connectivity index (χ4v) is 3.91. The topological polar surface area (TPSA) is 59.5 Å². The number of ether oxygens (including phenoxy) is 1. The predicted molar refractivity (Wildman–Crippen MR) is 118 cm³/mol. The standard InChI is InChI=1S/C24H19FN2O3S/c1-27(14-18-5-4-12-31-18)23(28)15-30-24(29)20-13-22(16-8-10-17(25)11-9-16)26-21-7-3-2-6-19(20)21/h2-13H,14-15H2,1H3. The zero-order valence-corrected chi connectivity index (χ0v) is 17.6. The number of nitrogens with zero attached hydrogens (tertiary/aromatic N) is 2. The molecule has 1 amide bonds. The minimum absolute atomic E-state index is 0.293. The number of hydrogen-bond acceptors (Lipinski definition) is 5. The Labute approximate surface area is 182 Å². The SMILES string of the molecule is CN(Cc1cccs1)C(=O)COC(=O)c1cc(-c2ccc(F)cc2)nc2ccccc12. The Morgan fingerprint density at radius 3 is 2.58 bits per heavy atom. The van der Waals surface area contributed by atoms with Crippen LogP contribution in [-0.4, -0.2) is 35.4 Å². The van der Waals surface area contributed by atoms with Crippen LogP contribution < -0.4 is 0 Å². The number of fused-ring (bicyclic) bond motifs is 1. The van der Waals surface area contributed by atoms with Crippen molar-refractivity contribution in [1.29, 1.82) is 0 Å². The van der Waals surface area contributed by atoms with Gasteiger partial charge >= 0.3 is 5.97 Å². The molecule has 2 heterocycles. The summed E-state index contributed by atoms with van der Waals surface area (Å²) in [5, 5.41) is 2.57. The van der Waals surface area contributed by atoms with Crippen LogP contribution in [0.25, 0.3) is 22.2 Å². The van der Waals surface area contributed by atoms with Crippen molar-refractivity contribution in [3.05, 3.63) is 88.4 Å². The van der Waals surface area contributed by atoms with Crippen LogP contribution in [-0.2, 0) is 16.1 Å². The number of amides is 1. The molecule has 0 radical (unpaired) electrons. The molecule has 0 aliphatic heterocycles. The normalized spacial score (nSPS) is 10.8. The summed E-state index contributed by atoms with van der Waals surface area (Å²) in [5.41, 5.74) is 2.11. The molecule has 2 aromatic heterocycles. The highest BCUT2D eigenvalue weighted by Gasteiger charge is 2.18. The third-order valence-corrected chi connectivity index (χ3v) is 5.66. The summed E-state index contributed by atoms with van der Waals surface area (Å²) in [4.78, 5) is 32.4. The molecule has 0 saturated heterocycles. The summed E-state index contributed by atoms with van der Waals surface area (Å²) >= 11 is 1.56. The summed E-state index contributed by atoms with van der Waals surface area (Å²) in [5.74, 6) is -1.26. The number of esters is 1. The lowest BCUT2D eigenvalue weighted by Gasteiger charge is -2.16. The minimum Gasteiger partial charge on any atom is -0.452 e. The van der Waals surface area contributed by atoms with Crippen LogP contribution in [0, 0.1) is 5.82 Å². The minimum atomic E-state index is -0.611. The summed E-state index contributed by atoms with van der Waals surface area (Å²) in [6.07, 6.45) is 0. The average Bonchev–Trinajstić information content (AvgIpc) is 3.30. The van der Waals surface area contributed by atoms with E-state index in [4.69, 9.17) is 4.74 Å². The van der Waals surface area contributed by atoms with E-state index in [1.165, 1.54) is 17.0 Å². The molecule has 7 heteroatoms. The average molecular weight is 434 g/mol. The fraction of sp³-hybridized carbons (Fsp3) is 0.125. The van der Waals surface area contributed by atoms with E-state index < -0.39 is 5.97 Å². The number of benzene rings is 2. The number of aromatic nitrogens is 1. The van der Waals surface area contributed by atoms with Crippen LogP contribution >= 0.6 is 11.3 Å². The molecule has 0 fully saturated rings. The van der Waals surface area contributed by atoms with Gasteiger partial charge in [-0.3, -0.25) is 4.79 Å². The highest BCUT2D eigenvalue weighted by atomic mass is 32.1. The molecule has 31 heavy (non-hydrogen) atoms. The van der Waals surface area contributed by atoms with Gasteiger partial charge in [0.15, 0.2) is 6.61 Å². The van der Waals surface area contributed by atoms with Crippen molar-refractivity contribution in [2.75, 3.05) is 13.7 Å². The molecule has 0 aliphatic rings. The van der Waals surface area contributed by atoms with E-state index in [0.717, 1.165) is 4.88 Å². The number of thiophene rings is 1. The van der Waals surface area contributed by atoms with Crippen molar-refractivity contribution in [3.8, 4) is 11.3 Å². The Balaban J connectivity index is 1.55. The van der Waals surface area contributed by atoms with Crippen molar-refractivity contribution in [2.45, 2.75) is 6.54 Å². The molecule has 0 bridgehead atoms. The van der Waals surface area contributed by atoms with Gasteiger partial charge in [0.2, 0.25) is 0 Å². The van der Waals surface area contributed by atoms with E-state index in [9.17, 15) is 14.0 Å². The highest BCUT2D eigenvalue weighted by Crippen LogP contribution is 2.25. The molecule has 0 atom stereocenters. The van der Waals surface area contributed by atoms with E-state index >= 15 is 0 Å². The highest BCUT2D eigenvalue weighted by molar-refractivity contribution is 7.09. The third kappa shape index (κ3) is 4.78. The van der Waals surface area contributed by atoms with E-state index in [-0.39, 0.29) is 18.3 Å². The van der Waals surface area contributed by atoms with E-state index in [1.807, 2.05) is 23.6 Å². The van der Waals surface area contributed by atoms with Crippen LogP contribution in [0.2, 0.25) is 0 Å². The van der Waals surface area contributed by atoms with Crippen molar-refractivity contribution in [2.24, 2.45) is 0 Å². The van der Waals surface area contributed by atoms with Crippen molar-refractivity contribution >= 4 is 34.1 Å². The number of pyridine rings is 1. The van der Waals surface area contributed by atoms with E-state index in [2.05, 4.69) is 4.98 Å². The van der Waals surface area contributed by atoms with Gasteiger partial charge in [-0.05, 0) is 47.8 Å². The molecule has 0 spiro atoms. The van der Waals surface area contributed by atoms with Gasteiger partial charge in [0.05, 0.1) is 23.3 Å². The summed E-state index contributed by atoms with van der Waals surface area (Å²) in [6.45, 7) is 0.101. The smallest absolute Gasteiger partial charge is 0.339 e. The summed E-state index contributed by atoms with van der Waals surface area (Å²) in [6, 6.07) is 18.6. The number of carbonyl (C=O) groups is 2. The second-order valence-electron chi connectivity index (χ2n) is 6.98. The van der Waals surface area contributed by atoms with Crippen molar-refractivity contribution in [3.63, 3.8) is 0 Å². The number of rotatable bonds is 6. The van der Waals surface area contributed by atoms with Gasteiger partial charge < -0.3 is 9.64 Å². The van der Waals surface area contributed by atoms with Gasteiger partial charge in [0.25, 0.3) is 5.91 Å². The lowest BCUT2D eigenvalue weighted by molar-refractivity contribution is -0.133. The predicted octanol–water partition coefficient (Wildman–Crippen LogP) is 4.92. The lowest BCUT2D eigenvalue weighted by atomic mass is 10.0. The number of para-hydroxylation sites is 1. The van der Waals surface area contributed by atoms with E-state index in [1.54, 1.807) is 54.8 Å². The van der Waals surface area contributed by atoms with Gasteiger partial charge in [-0.1, -0.05) is 24.3 Å². The monoisotopic (exact) mass is 434 g/mol. The quantitative estimate of drug-likeness (QED) is 0.404. The first-order chi connectivity index (χ1) is 15.0. The van der Waals surface area contributed by atoms with Gasteiger partial charge in [0.1, 0.15) is 5.82 Å². The molecule has 0 N–H and O–H groups in total. The third-order valence-electron chi connectivity index (χ3n) is 4.80. The maximum Gasteiger partial charge on any atom is 0.339 e. The number of likely N-dealkylation sites (N-methyl/N-ethyl adjacent to an activating group) is 1. The second kappa shape index (κ2) is 9.06. The zero-order chi connectivity index (χ0) is 21.8. The van der Waals surface area contributed by atoms with Gasteiger partial charge in [-0.25, -0.2) is 14.2 Å². The maximum atomic E-state index is 13.3. The van der Waals surface area contributed by atoms with Crippen LogP contribution in [0.15, 0.2) is 72.1 Å². The lowest BCUT2D eigenvalue weighted by Crippen LogP contribution is -2.30. The molecule has 0 saturated carbocycles. The molecule has 156 valence electrons. The zero-order valence-electron chi connectivity index (χ0n) is 16.7. The van der Waals surface area contributed by atoms with Crippen molar-refractivity contribution < 1.29 is 18.7 Å². The van der Waals surface area contributed by atoms with E-state index in [0.29, 0.717) is 34.3 Å². The van der Waals surface area contributed by atoms with Crippen LogP contribution in [0.4, 0.5) is 4.39 Å². The molecular formula is C24H19FN2O3S. The number of carbonyl (C=O) groups excluding carboxylic acids is 2. The Morgan fingerprint density at radius 2 is 1.84 bits per heavy atom. The first-order valence-corrected chi connectivity index (χ1v) is 10.5. The van der Waals surface area contributed by atoms with Gasteiger partial charge in [-0.15, -0.1) is 11.3 Å². The van der Waals surface area contributed by atoms with Crippen LogP contribution in [0.5, 0.6) is 0 Å². The van der Waals surface area contributed by atoms with Gasteiger partial charge in [0, 0.05) is 22.9 Å². The molecule has 0 unspecified atom stereocenters.